The van der Waals surface area contributed by atoms with Crippen molar-refractivity contribution in [3.8, 4) is 28.5 Å². The third-order valence-electron chi connectivity index (χ3n) is 5.80. The van der Waals surface area contributed by atoms with Crippen LogP contribution in [0, 0.1) is 6.92 Å². The Morgan fingerprint density at radius 3 is 2.67 bits per heavy atom. The van der Waals surface area contributed by atoms with Gasteiger partial charge in [-0.1, -0.05) is 60.2 Å². The van der Waals surface area contributed by atoms with Gasteiger partial charge in [-0.15, -0.1) is 0 Å². The quantitative estimate of drug-likeness (QED) is 0.375. The second kappa shape index (κ2) is 10.5. The Labute approximate surface area is 209 Å². The molecule has 1 amide bonds. The number of nitrogens with one attached hydrogen (secondary N) is 1. The topological polar surface area (TPSA) is 94.8 Å². The molecule has 3 aromatic carbocycles. The highest BCUT2D eigenvalue weighted by Gasteiger charge is 2.20. The number of amides is 1. The summed E-state index contributed by atoms with van der Waals surface area (Å²) < 4.78 is 18.0. The van der Waals surface area contributed by atoms with Crippen molar-refractivity contribution >= 4 is 5.91 Å². The summed E-state index contributed by atoms with van der Waals surface area (Å²) in [5.41, 5.74) is 4.09. The Morgan fingerprint density at radius 1 is 1.08 bits per heavy atom. The van der Waals surface area contributed by atoms with Crippen molar-refractivity contribution in [1.29, 1.82) is 0 Å². The van der Waals surface area contributed by atoms with E-state index in [9.17, 15) is 9.90 Å². The molecule has 184 valence electrons. The Kier molecular flexibility index (Phi) is 6.86. The second-order valence-electron chi connectivity index (χ2n) is 8.63. The highest BCUT2D eigenvalue weighted by molar-refractivity contribution is 5.99. The van der Waals surface area contributed by atoms with Crippen LogP contribution < -0.4 is 19.5 Å². The third-order valence-corrected chi connectivity index (χ3v) is 5.80. The molecule has 2 heterocycles. The number of nitrogens with zero attached hydrogens (tertiary/aromatic N) is 2. The highest BCUT2D eigenvalue weighted by Crippen LogP contribution is 2.35. The van der Waals surface area contributed by atoms with E-state index in [-0.39, 0.29) is 25.9 Å². The van der Waals surface area contributed by atoms with Crippen LogP contribution in [0.2, 0.25) is 0 Å². The lowest BCUT2D eigenvalue weighted by atomic mass is 10.1. The molecule has 0 saturated heterocycles. The molecule has 2 N–H and O–H groups in total. The summed E-state index contributed by atoms with van der Waals surface area (Å²) in [6.45, 7) is 2.77. The van der Waals surface area contributed by atoms with Gasteiger partial charge in [-0.25, -0.2) is 0 Å². The Hall–Kier alpha value is -4.30. The molecular weight excluding hydrogens is 458 g/mol. The van der Waals surface area contributed by atoms with E-state index in [4.69, 9.17) is 19.3 Å². The SMILES string of the molecule is Cc1ccc(-c2nn(Cc3ccccc3)cc2C(=O)NCC(O)COc2ccc3c(c2)OCO3)cc1. The van der Waals surface area contributed by atoms with Crippen LogP contribution in [0.25, 0.3) is 11.3 Å². The molecule has 4 aromatic rings. The van der Waals surface area contributed by atoms with E-state index < -0.39 is 6.10 Å². The number of carbonyl (C=O) groups excluding carboxylic acids is 1. The predicted octanol–water partition coefficient (Wildman–Crippen LogP) is 3.81. The summed E-state index contributed by atoms with van der Waals surface area (Å²) in [6.07, 6.45) is 0.842. The molecule has 1 atom stereocenters. The van der Waals surface area contributed by atoms with Crippen molar-refractivity contribution in [2.75, 3.05) is 19.9 Å². The van der Waals surface area contributed by atoms with Gasteiger partial charge in [0.1, 0.15) is 24.2 Å². The van der Waals surface area contributed by atoms with Gasteiger partial charge in [-0.05, 0) is 24.6 Å². The Bertz CT molecular complexity index is 1340. The first-order valence-corrected chi connectivity index (χ1v) is 11.7. The summed E-state index contributed by atoms with van der Waals surface area (Å²) in [5.74, 6) is 1.50. The maximum atomic E-state index is 13.1. The van der Waals surface area contributed by atoms with E-state index in [0.717, 1.165) is 16.7 Å². The molecule has 0 radical (unpaired) electrons. The number of aromatic nitrogens is 2. The predicted molar refractivity (Wildman–Crippen MR) is 134 cm³/mol. The monoisotopic (exact) mass is 485 g/mol. The average Bonchev–Trinajstić information content (AvgIpc) is 3.54. The van der Waals surface area contributed by atoms with Gasteiger partial charge in [0.2, 0.25) is 6.79 Å². The fourth-order valence-electron chi connectivity index (χ4n) is 3.89. The lowest BCUT2D eigenvalue weighted by molar-refractivity contribution is 0.0844. The zero-order valence-corrected chi connectivity index (χ0v) is 19.9. The molecular formula is C28H27N3O5. The lowest BCUT2D eigenvalue weighted by Gasteiger charge is -2.13. The minimum absolute atomic E-state index is 0.0119. The normalized spacial score (nSPS) is 12.8. The highest BCUT2D eigenvalue weighted by atomic mass is 16.7. The number of carbonyl (C=O) groups is 1. The number of ether oxygens (including phenoxy) is 3. The molecule has 1 aliphatic heterocycles. The van der Waals surface area contributed by atoms with Crippen LogP contribution in [-0.4, -0.2) is 46.8 Å². The van der Waals surface area contributed by atoms with Crippen molar-refractivity contribution in [2.45, 2.75) is 19.6 Å². The van der Waals surface area contributed by atoms with Gasteiger partial charge >= 0.3 is 0 Å². The number of aryl methyl sites for hydroxylation is 1. The summed E-state index contributed by atoms with van der Waals surface area (Å²) in [6, 6.07) is 23.0. The smallest absolute Gasteiger partial charge is 0.255 e. The molecule has 1 aliphatic rings. The van der Waals surface area contributed by atoms with Gasteiger partial charge in [0.05, 0.1) is 12.1 Å². The molecule has 36 heavy (non-hydrogen) atoms. The van der Waals surface area contributed by atoms with E-state index in [1.165, 1.54) is 0 Å². The van der Waals surface area contributed by atoms with E-state index in [0.29, 0.717) is 35.1 Å². The fourth-order valence-corrected chi connectivity index (χ4v) is 3.89. The van der Waals surface area contributed by atoms with Crippen LogP contribution in [0.1, 0.15) is 21.5 Å². The standard InChI is InChI=1S/C28H27N3O5/c1-19-7-9-21(10-8-19)27-24(16-31(30-27)15-20-5-3-2-4-6-20)28(33)29-14-22(32)17-34-23-11-12-25-26(13-23)36-18-35-25/h2-13,16,22,32H,14-15,17-18H2,1H3,(H,29,33). The first kappa shape index (κ1) is 23.4. The molecule has 0 spiro atoms. The Morgan fingerprint density at radius 2 is 1.86 bits per heavy atom. The molecule has 0 fully saturated rings. The molecule has 0 bridgehead atoms. The number of benzene rings is 3. The molecule has 1 unspecified atom stereocenters. The Balaban J connectivity index is 1.25. The summed E-state index contributed by atoms with van der Waals surface area (Å²) in [5, 5.41) is 17.9. The fraction of sp³-hybridized carbons (Fsp3) is 0.214. The molecule has 0 aliphatic carbocycles. The van der Waals surface area contributed by atoms with Crippen molar-refractivity contribution < 1.29 is 24.1 Å². The second-order valence-corrected chi connectivity index (χ2v) is 8.63. The summed E-state index contributed by atoms with van der Waals surface area (Å²) >= 11 is 0. The molecule has 1 aromatic heterocycles. The zero-order chi connectivity index (χ0) is 24.9. The lowest BCUT2D eigenvalue weighted by Crippen LogP contribution is -2.35. The largest absolute Gasteiger partial charge is 0.491 e. The number of hydrogen-bond acceptors (Lipinski definition) is 6. The van der Waals surface area contributed by atoms with Crippen LogP contribution in [0.4, 0.5) is 0 Å². The van der Waals surface area contributed by atoms with E-state index in [1.807, 2.05) is 61.5 Å². The van der Waals surface area contributed by atoms with Crippen LogP contribution >= 0.6 is 0 Å². The number of fused-ring (bicyclic) bond motifs is 1. The van der Waals surface area contributed by atoms with Crippen LogP contribution in [0.15, 0.2) is 79.0 Å². The van der Waals surface area contributed by atoms with Crippen LogP contribution in [0.3, 0.4) is 0 Å². The van der Waals surface area contributed by atoms with Crippen molar-refractivity contribution in [3.63, 3.8) is 0 Å². The van der Waals surface area contributed by atoms with Gasteiger partial charge in [0.15, 0.2) is 11.5 Å². The summed E-state index contributed by atoms with van der Waals surface area (Å²) in [4.78, 5) is 13.1. The maximum Gasteiger partial charge on any atom is 0.255 e. The molecule has 5 rings (SSSR count). The van der Waals surface area contributed by atoms with Gasteiger partial charge in [0, 0.05) is 24.4 Å². The molecule has 8 nitrogen and oxygen atoms in total. The maximum absolute atomic E-state index is 13.1. The van der Waals surface area contributed by atoms with Gasteiger partial charge in [-0.3, -0.25) is 9.48 Å². The zero-order valence-electron chi connectivity index (χ0n) is 19.9. The van der Waals surface area contributed by atoms with E-state index in [2.05, 4.69) is 5.32 Å². The van der Waals surface area contributed by atoms with E-state index >= 15 is 0 Å². The van der Waals surface area contributed by atoms with Gasteiger partial charge in [-0.2, -0.15) is 5.10 Å². The van der Waals surface area contributed by atoms with Crippen molar-refractivity contribution in [1.82, 2.24) is 15.1 Å². The van der Waals surface area contributed by atoms with Crippen LogP contribution in [0.5, 0.6) is 17.2 Å². The number of aliphatic hydroxyl groups excluding tert-OH is 1. The number of hydrogen-bond donors (Lipinski definition) is 2. The first-order chi connectivity index (χ1) is 17.5. The number of rotatable bonds is 9. The first-order valence-electron chi connectivity index (χ1n) is 11.7. The minimum atomic E-state index is -0.901. The average molecular weight is 486 g/mol. The number of aliphatic hydroxyl groups is 1. The van der Waals surface area contributed by atoms with Crippen LogP contribution in [-0.2, 0) is 6.54 Å². The van der Waals surface area contributed by atoms with E-state index in [1.54, 1.807) is 29.1 Å². The minimum Gasteiger partial charge on any atom is -0.491 e. The third kappa shape index (κ3) is 5.50. The van der Waals surface area contributed by atoms with Crippen molar-refractivity contribution in [3.05, 3.63) is 95.7 Å². The molecule has 0 saturated carbocycles. The van der Waals surface area contributed by atoms with Crippen molar-refractivity contribution in [2.24, 2.45) is 0 Å². The molecule has 8 heteroatoms. The van der Waals surface area contributed by atoms with Gasteiger partial charge < -0.3 is 24.6 Å². The summed E-state index contributed by atoms with van der Waals surface area (Å²) in [7, 11) is 0. The van der Waals surface area contributed by atoms with Gasteiger partial charge in [0.25, 0.3) is 5.91 Å².